The summed E-state index contributed by atoms with van der Waals surface area (Å²) in [6.45, 7) is 4.17. The summed E-state index contributed by atoms with van der Waals surface area (Å²) in [6.07, 6.45) is 9.18. The molecule has 1 saturated carbocycles. The van der Waals surface area contributed by atoms with Gasteiger partial charge in [0.1, 0.15) is 17.5 Å². The number of ether oxygens (including phenoxy) is 1. The Hall–Kier alpha value is -2.10. The maximum atomic E-state index is 11.5. The van der Waals surface area contributed by atoms with Crippen molar-refractivity contribution in [2.75, 3.05) is 36.2 Å². The fourth-order valence-electron chi connectivity index (χ4n) is 4.24. The summed E-state index contributed by atoms with van der Waals surface area (Å²) < 4.78 is 5.58. The summed E-state index contributed by atoms with van der Waals surface area (Å²) >= 11 is 3.53. The van der Waals surface area contributed by atoms with Gasteiger partial charge in [-0.3, -0.25) is 5.10 Å². The van der Waals surface area contributed by atoms with Crippen LogP contribution in [0.1, 0.15) is 50.2 Å². The van der Waals surface area contributed by atoms with E-state index in [1.165, 1.54) is 6.21 Å². The van der Waals surface area contributed by atoms with E-state index in [0.29, 0.717) is 43.3 Å². The summed E-state index contributed by atoms with van der Waals surface area (Å²) in [7, 11) is 0. The van der Waals surface area contributed by atoms with Crippen LogP contribution >= 0.6 is 12.6 Å². The molecule has 2 aromatic rings. The van der Waals surface area contributed by atoms with Crippen LogP contribution in [0.2, 0.25) is 0 Å². The summed E-state index contributed by atoms with van der Waals surface area (Å²) in [5.41, 5.74) is 0.486. The molecule has 1 unspecified atom stereocenters. The topological polar surface area (TPSA) is 110 Å². The molecule has 0 bridgehead atoms. The third kappa shape index (κ3) is 4.79. The van der Waals surface area contributed by atoms with Crippen molar-refractivity contribution < 1.29 is 9.84 Å². The second-order valence-corrected chi connectivity index (χ2v) is 7.74. The van der Waals surface area contributed by atoms with Crippen LogP contribution in [0.25, 0.3) is 0 Å². The minimum absolute atomic E-state index is 0.195. The minimum atomic E-state index is -0.928. The maximum Gasteiger partial charge on any atom is 0.143 e. The molecule has 1 aliphatic carbocycles. The summed E-state index contributed by atoms with van der Waals surface area (Å²) in [6, 6.07) is 3.99. The molecule has 4 N–H and O–H groups in total. The van der Waals surface area contributed by atoms with Crippen LogP contribution in [0.15, 0.2) is 18.3 Å². The molecule has 2 fully saturated rings. The molecule has 1 aliphatic heterocycles. The molecular formula is C21H32N6O2S. The van der Waals surface area contributed by atoms with Crippen LogP contribution in [0.4, 0.5) is 17.5 Å². The zero-order valence-corrected chi connectivity index (χ0v) is 18.6. The van der Waals surface area contributed by atoms with Crippen LogP contribution in [-0.2, 0) is 10.3 Å². The number of thiol groups is 1. The third-order valence-corrected chi connectivity index (χ3v) is 5.79. The molecule has 3 heterocycles. The lowest BCUT2D eigenvalue weighted by Gasteiger charge is -2.37. The van der Waals surface area contributed by atoms with Crippen LogP contribution in [0.5, 0.6) is 0 Å². The fraction of sp³-hybridized carbons (Fsp3) is 0.571. The van der Waals surface area contributed by atoms with Gasteiger partial charge in [-0.15, -0.1) is 0 Å². The minimum Gasteiger partial charge on any atom is -0.385 e. The largest absolute Gasteiger partial charge is 0.385 e. The van der Waals surface area contributed by atoms with Gasteiger partial charge in [0.25, 0.3) is 0 Å². The summed E-state index contributed by atoms with van der Waals surface area (Å²) in [4.78, 5) is 7.04. The fourth-order valence-corrected chi connectivity index (χ4v) is 4.24. The number of aromatic nitrogens is 3. The Labute approximate surface area is 183 Å². The van der Waals surface area contributed by atoms with Crippen LogP contribution in [0.3, 0.4) is 0 Å². The van der Waals surface area contributed by atoms with Gasteiger partial charge < -0.3 is 25.5 Å². The number of hydrogen-bond acceptors (Lipinski definition) is 8. The highest BCUT2D eigenvalue weighted by Gasteiger charge is 2.35. The first-order chi connectivity index (χ1) is 14.6. The van der Waals surface area contributed by atoms with E-state index >= 15 is 0 Å². The number of pyridine rings is 1. The first kappa shape index (κ1) is 22.6. The molecule has 1 atom stereocenters. The molecule has 164 valence electrons. The maximum absolute atomic E-state index is 11.5. The molecule has 0 spiro atoms. The normalized spacial score (nSPS) is 20.8. The number of nitrogens with zero attached hydrogens (tertiary/aromatic N) is 3. The second-order valence-electron chi connectivity index (χ2n) is 7.74. The van der Waals surface area contributed by atoms with Crippen molar-refractivity contribution in [2.45, 2.75) is 50.7 Å². The molecule has 0 radical (unpaired) electrons. The number of anilines is 3. The van der Waals surface area contributed by atoms with Gasteiger partial charge in [-0.05, 0) is 37.7 Å². The highest BCUT2D eigenvalue weighted by molar-refractivity contribution is 7.79. The Morgan fingerprint density at radius 3 is 2.77 bits per heavy atom. The van der Waals surface area contributed by atoms with Crippen molar-refractivity contribution in [1.82, 2.24) is 15.2 Å². The van der Waals surface area contributed by atoms with Crippen molar-refractivity contribution in [3.05, 3.63) is 29.5 Å². The average molecular weight is 433 g/mol. The molecule has 4 rings (SSSR count). The highest BCUT2D eigenvalue weighted by Crippen LogP contribution is 2.41. The molecule has 1 saturated heterocycles. The lowest BCUT2D eigenvalue weighted by Crippen LogP contribution is -2.44. The SMILES string of the molecule is CC1COCCN1c1cc(C2(O)CCCCC2)c(C=N)c(Nc2ccn[nH]2)n1.CS. The molecular weight excluding hydrogens is 400 g/mol. The number of H-pyrrole nitrogens is 1. The van der Waals surface area contributed by atoms with Gasteiger partial charge in [-0.2, -0.15) is 17.7 Å². The van der Waals surface area contributed by atoms with Crippen LogP contribution in [-0.4, -0.2) is 58.6 Å². The summed E-state index contributed by atoms with van der Waals surface area (Å²) in [5, 5.41) is 29.6. The Balaban J connectivity index is 0.00000124. The molecule has 30 heavy (non-hydrogen) atoms. The monoisotopic (exact) mass is 432 g/mol. The average Bonchev–Trinajstić information content (AvgIpc) is 3.28. The molecule has 2 aliphatic rings. The van der Waals surface area contributed by atoms with E-state index in [4.69, 9.17) is 15.1 Å². The lowest BCUT2D eigenvalue weighted by atomic mass is 9.78. The van der Waals surface area contributed by atoms with E-state index in [2.05, 4.69) is 40.0 Å². The third-order valence-electron chi connectivity index (χ3n) is 5.79. The first-order valence-electron chi connectivity index (χ1n) is 10.4. The number of rotatable bonds is 5. The number of aromatic amines is 1. The van der Waals surface area contributed by atoms with E-state index in [0.717, 1.165) is 37.2 Å². The number of nitrogens with one attached hydrogen (secondary N) is 3. The Morgan fingerprint density at radius 2 is 2.13 bits per heavy atom. The Morgan fingerprint density at radius 1 is 1.37 bits per heavy atom. The molecule has 0 amide bonds. The molecule has 0 aromatic carbocycles. The Kier molecular flexibility index (Phi) is 7.74. The van der Waals surface area contributed by atoms with Gasteiger partial charge in [-0.1, -0.05) is 19.3 Å². The van der Waals surface area contributed by atoms with Crippen LogP contribution in [0, 0.1) is 5.41 Å². The van der Waals surface area contributed by atoms with E-state index in [1.807, 2.05) is 12.1 Å². The number of aliphatic hydroxyl groups is 1. The number of morpholine rings is 1. The predicted molar refractivity (Wildman–Crippen MR) is 124 cm³/mol. The molecule has 9 heteroatoms. The van der Waals surface area contributed by atoms with Crippen molar-refractivity contribution in [1.29, 1.82) is 5.41 Å². The van der Waals surface area contributed by atoms with Crippen molar-refractivity contribution in [3.63, 3.8) is 0 Å². The van der Waals surface area contributed by atoms with Gasteiger partial charge in [0.05, 0.1) is 31.1 Å². The van der Waals surface area contributed by atoms with Gasteiger partial charge in [0, 0.05) is 24.4 Å². The van der Waals surface area contributed by atoms with Crippen molar-refractivity contribution in [3.8, 4) is 0 Å². The van der Waals surface area contributed by atoms with Crippen molar-refractivity contribution >= 4 is 36.3 Å². The summed E-state index contributed by atoms with van der Waals surface area (Å²) in [5.74, 6) is 2.06. The molecule has 2 aromatic heterocycles. The highest BCUT2D eigenvalue weighted by atomic mass is 32.1. The predicted octanol–water partition coefficient (Wildman–Crippen LogP) is 3.47. The first-order valence-corrected chi connectivity index (χ1v) is 11.3. The standard InChI is InChI=1S/C20H28N6O2.CH4S/c1-14-13-28-10-9-26(14)18-11-16(20(27)6-3-2-4-7-20)15(12-21)19(24-18)23-17-5-8-22-25-17;1-2/h5,8,11-12,14,21,27H,2-4,6-7,9-10,13H2,1H3,(H2,22,23,24,25);2H,1H3. The Bertz CT molecular complexity index is 823. The van der Waals surface area contributed by atoms with E-state index in [1.54, 1.807) is 12.5 Å². The van der Waals surface area contributed by atoms with Crippen molar-refractivity contribution in [2.24, 2.45) is 0 Å². The van der Waals surface area contributed by atoms with Gasteiger partial charge in [0.15, 0.2) is 0 Å². The zero-order valence-electron chi connectivity index (χ0n) is 17.7. The van der Waals surface area contributed by atoms with E-state index < -0.39 is 5.60 Å². The van der Waals surface area contributed by atoms with E-state index in [9.17, 15) is 5.11 Å². The van der Waals surface area contributed by atoms with Gasteiger partial charge >= 0.3 is 0 Å². The van der Waals surface area contributed by atoms with E-state index in [-0.39, 0.29) is 6.04 Å². The zero-order chi connectivity index (χ0) is 21.6. The quantitative estimate of drug-likeness (QED) is 0.366. The number of hydrogen-bond donors (Lipinski definition) is 5. The molecule has 8 nitrogen and oxygen atoms in total. The lowest BCUT2D eigenvalue weighted by molar-refractivity contribution is -0.000749. The van der Waals surface area contributed by atoms with Crippen LogP contribution < -0.4 is 10.2 Å². The van der Waals surface area contributed by atoms with Gasteiger partial charge in [0.2, 0.25) is 0 Å². The smallest absolute Gasteiger partial charge is 0.143 e. The second kappa shape index (κ2) is 10.3. The van der Waals surface area contributed by atoms with Gasteiger partial charge in [-0.25, -0.2) is 4.98 Å².